The zero-order valence-electron chi connectivity index (χ0n) is 12.5. The highest BCUT2D eigenvalue weighted by molar-refractivity contribution is 5.46. The Hall–Kier alpha value is -0.520. The molecule has 1 aliphatic carbocycles. The van der Waals surface area contributed by atoms with Crippen LogP contribution in [-0.4, -0.2) is 0 Å². The molecule has 0 heterocycles. The van der Waals surface area contributed by atoms with Crippen LogP contribution in [0.3, 0.4) is 0 Å². The maximum absolute atomic E-state index is 4.09. The van der Waals surface area contributed by atoms with Gasteiger partial charge in [0.1, 0.15) is 0 Å². The Morgan fingerprint density at radius 2 is 2.00 bits per heavy atom. The smallest absolute Gasteiger partial charge is 0.00686 e. The van der Waals surface area contributed by atoms with Crippen LogP contribution in [0.4, 0.5) is 0 Å². The van der Waals surface area contributed by atoms with Crippen LogP contribution in [0.2, 0.25) is 0 Å². The van der Waals surface area contributed by atoms with E-state index in [9.17, 15) is 0 Å². The quantitative estimate of drug-likeness (QED) is 0.370. The van der Waals surface area contributed by atoms with Gasteiger partial charge in [-0.25, -0.2) is 0 Å². The van der Waals surface area contributed by atoms with Crippen molar-refractivity contribution in [2.45, 2.75) is 66.7 Å². The molecule has 0 N–H and O–H groups in total. The molecule has 0 aliphatic heterocycles. The molecule has 2 unspecified atom stereocenters. The van der Waals surface area contributed by atoms with Gasteiger partial charge in [-0.3, -0.25) is 0 Å². The normalized spacial score (nSPS) is 22.8. The summed E-state index contributed by atoms with van der Waals surface area (Å²) in [7, 11) is 0. The number of hydrogen-bond acceptors (Lipinski definition) is 0. The predicted octanol–water partition coefficient (Wildman–Crippen LogP) is 5.75. The third-order valence-corrected chi connectivity index (χ3v) is 4.21. The molecule has 0 spiro atoms. The molecular formula is C17H30. The fraction of sp³-hybridized carbons (Fsp3) is 0.765. The summed E-state index contributed by atoms with van der Waals surface area (Å²) in [5.41, 5.74) is 3.70. The molecule has 1 rings (SSSR count). The van der Waals surface area contributed by atoms with Crippen LogP contribution in [0.5, 0.6) is 0 Å². The average Bonchev–Trinajstić information content (AvgIpc) is 2.89. The molecule has 98 valence electrons. The Balaban J connectivity index is 2.66. The standard InChI is InChI=1S/C17H30/c1-7-9-10-11-17(6,8-2)16-14(5)15(16)12-13(3)4/h8,13-14H,2,7,9-12H2,1,3-6H3. The molecule has 0 heteroatoms. The van der Waals surface area contributed by atoms with Crippen LogP contribution >= 0.6 is 0 Å². The molecule has 0 saturated carbocycles. The van der Waals surface area contributed by atoms with E-state index in [1.165, 1.54) is 32.1 Å². The van der Waals surface area contributed by atoms with Gasteiger partial charge in [-0.2, -0.15) is 0 Å². The summed E-state index contributed by atoms with van der Waals surface area (Å²) in [5, 5.41) is 0. The minimum atomic E-state index is 0.277. The summed E-state index contributed by atoms with van der Waals surface area (Å²) in [6, 6.07) is 0. The molecule has 0 aromatic heterocycles. The second-order valence-electron chi connectivity index (χ2n) is 6.34. The van der Waals surface area contributed by atoms with Gasteiger partial charge >= 0.3 is 0 Å². The van der Waals surface area contributed by atoms with E-state index in [2.05, 4.69) is 47.3 Å². The van der Waals surface area contributed by atoms with Crippen molar-refractivity contribution in [3.8, 4) is 0 Å². The van der Waals surface area contributed by atoms with Crippen LogP contribution in [0.15, 0.2) is 23.8 Å². The first kappa shape index (κ1) is 14.5. The molecule has 0 bridgehead atoms. The minimum Gasteiger partial charge on any atom is -0.102 e. The maximum Gasteiger partial charge on any atom is 0.00686 e. The summed E-state index contributed by atoms with van der Waals surface area (Å²) < 4.78 is 0. The van der Waals surface area contributed by atoms with Crippen molar-refractivity contribution in [2.24, 2.45) is 17.3 Å². The van der Waals surface area contributed by atoms with E-state index in [1.807, 2.05) is 0 Å². The zero-order chi connectivity index (χ0) is 13.1. The highest BCUT2D eigenvalue weighted by Gasteiger charge is 2.42. The van der Waals surface area contributed by atoms with E-state index in [0.717, 1.165) is 11.8 Å². The summed E-state index contributed by atoms with van der Waals surface area (Å²) in [5.74, 6) is 1.54. The van der Waals surface area contributed by atoms with Crippen LogP contribution in [0, 0.1) is 17.3 Å². The van der Waals surface area contributed by atoms with Crippen LogP contribution in [-0.2, 0) is 0 Å². The van der Waals surface area contributed by atoms with Crippen molar-refractivity contribution < 1.29 is 0 Å². The monoisotopic (exact) mass is 234 g/mol. The fourth-order valence-corrected chi connectivity index (χ4v) is 3.07. The molecular weight excluding hydrogens is 204 g/mol. The summed E-state index contributed by atoms with van der Waals surface area (Å²) >= 11 is 0. The lowest BCUT2D eigenvalue weighted by Crippen LogP contribution is -2.12. The van der Waals surface area contributed by atoms with Crippen molar-refractivity contribution in [1.29, 1.82) is 0 Å². The second-order valence-corrected chi connectivity index (χ2v) is 6.34. The first-order chi connectivity index (χ1) is 7.96. The van der Waals surface area contributed by atoms with E-state index >= 15 is 0 Å². The molecule has 0 radical (unpaired) electrons. The molecule has 0 aromatic carbocycles. The molecule has 0 nitrogen and oxygen atoms in total. The van der Waals surface area contributed by atoms with E-state index in [-0.39, 0.29) is 5.41 Å². The number of allylic oxidation sites excluding steroid dienone is 3. The predicted molar refractivity (Wildman–Crippen MR) is 78.1 cm³/mol. The molecule has 0 aromatic rings. The fourth-order valence-electron chi connectivity index (χ4n) is 3.07. The molecule has 0 fully saturated rings. The van der Waals surface area contributed by atoms with Crippen molar-refractivity contribution in [3.63, 3.8) is 0 Å². The number of unbranched alkanes of at least 4 members (excludes halogenated alkanes) is 2. The van der Waals surface area contributed by atoms with Gasteiger partial charge in [-0.05, 0) is 24.7 Å². The second kappa shape index (κ2) is 5.89. The lowest BCUT2D eigenvalue weighted by atomic mass is 9.80. The van der Waals surface area contributed by atoms with Crippen molar-refractivity contribution in [2.75, 3.05) is 0 Å². The lowest BCUT2D eigenvalue weighted by molar-refractivity contribution is 0.440. The Bertz CT molecular complexity index is 295. The Morgan fingerprint density at radius 1 is 1.35 bits per heavy atom. The summed E-state index contributed by atoms with van der Waals surface area (Å²) in [4.78, 5) is 0. The average molecular weight is 234 g/mol. The third kappa shape index (κ3) is 3.47. The Morgan fingerprint density at radius 3 is 2.47 bits per heavy atom. The van der Waals surface area contributed by atoms with Crippen molar-refractivity contribution >= 4 is 0 Å². The third-order valence-electron chi connectivity index (χ3n) is 4.21. The number of rotatable bonds is 8. The number of hydrogen-bond donors (Lipinski definition) is 0. The lowest BCUT2D eigenvalue weighted by Gasteiger charge is -2.24. The van der Waals surface area contributed by atoms with E-state index in [4.69, 9.17) is 0 Å². The van der Waals surface area contributed by atoms with Gasteiger partial charge in [0.25, 0.3) is 0 Å². The zero-order valence-corrected chi connectivity index (χ0v) is 12.5. The molecule has 17 heavy (non-hydrogen) atoms. The van der Waals surface area contributed by atoms with Gasteiger partial charge in [0.05, 0.1) is 0 Å². The van der Waals surface area contributed by atoms with Gasteiger partial charge in [0.15, 0.2) is 0 Å². The van der Waals surface area contributed by atoms with Gasteiger partial charge in [0, 0.05) is 5.41 Å². The van der Waals surface area contributed by atoms with Crippen molar-refractivity contribution in [1.82, 2.24) is 0 Å². The Kier molecular flexibility index (Phi) is 5.04. The van der Waals surface area contributed by atoms with Crippen LogP contribution < -0.4 is 0 Å². The topological polar surface area (TPSA) is 0 Å². The van der Waals surface area contributed by atoms with E-state index < -0.39 is 0 Å². The summed E-state index contributed by atoms with van der Waals surface area (Å²) in [6.45, 7) is 15.7. The first-order valence-corrected chi connectivity index (χ1v) is 7.33. The highest BCUT2D eigenvalue weighted by Crippen LogP contribution is 2.55. The SMILES string of the molecule is C=CC(C)(CCCCC)C1=C(CC(C)C)C1C. The van der Waals surface area contributed by atoms with Crippen LogP contribution in [0.1, 0.15) is 66.7 Å². The van der Waals surface area contributed by atoms with Gasteiger partial charge in [-0.1, -0.05) is 71.1 Å². The van der Waals surface area contributed by atoms with E-state index in [0.29, 0.717) is 0 Å². The van der Waals surface area contributed by atoms with E-state index in [1.54, 1.807) is 11.1 Å². The first-order valence-electron chi connectivity index (χ1n) is 7.33. The van der Waals surface area contributed by atoms with Gasteiger partial charge in [0.2, 0.25) is 0 Å². The van der Waals surface area contributed by atoms with Gasteiger partial charge in [-0.15, -0.1) is 6.58 Å². The maximum atomic E-state index is 4.09. The Labute approximate surface area is 108 Å². The highest BCUT2D eigenvalue weighted by atomic mass is 14.5. The largest absolute Gasteiger partial charge is 0.102 e. The van der Waals surface area contributed by atoms with Crippen molar-refractivity contribution in [3.05, 3.63) is 23.8 Å². The molecule has 1 aliphatic rings. The molecule has 0 saturated heterocycles. The summed E-state index contributed by atoms with van der Waals surface area (Å²) in [6.07, 6.45) is 8.76. The minimum absolute atomic E-state index is 0.277. The van der Waals surface area contributed by atoms with Gasteiger partial charge < -0.3 is 0 Å². The van der Waals surface area contributed by atoms with Crippen LogP contribution in [0.25, 0.3) is 0 Å². The molecule has 0 amide bonds. The molecule has 2 atom stereocenters.